The Morgan fingerprint density at radius 1 is 1.60 bits per heavy atom. The van der Waals surface area contributed by atoms with Crippen LogP contribution in [0, 0.1) is 0 Å². The molecule has 1 aromatic heterocycles. The van der Waals surface area contributed by atoms with Crippen molar-refractivity contribution in [1.82, 2.24) is 9.78 Å². The number of aryl methyl sites for hydroxylation is 1. The van der Waals surface area contributed by atoms with Crippen LogP contribution in [-0.2, 0) is 12.2 Å². The maximum Gasteiger partial charge on any atom is 0.165 e. The van der Waals surface area contributed by atoms with E-state index in [2.05, 4.69) is 5.10 Å². The molecule has 3 nitrogen and oxygen atoms in total. The third-order valence-corrected chi connectivity index (χ3v) is 2.82. The molecule has 0 amide bonds. The van der Waals surface area contributed by atoms with E-state index in [1.165, 1.54) is 6.20 Å². The zero-order valence-electron chi connectivity index (χ0n) is 9.13. The highest BCUT2D eigenvalue weighted by molar-refractivity contribution is 6.31. The fraction of sp³-hybridized carbons (Fsp3) is 0.700. The monoisotopic (exact) mass is 233 g/mol. The second kappa shape index (κ2) is 4.94. The minimum atomic E-state index is -1.57. The molecule has 0 aromatic carbocycles. The van der Waals surface area contributed by atoms with E-state index < -0.39 is 5.67 Å². The zero-order valence-corrected chi connectivity index (χ0v) is 9.89. The molecule has 1 heterocycles. The van der Waals surface area contributed by atoms with Crippen LogP contribution < -0.4 is 5.73 Å². The van der Waals surface area contributed by atoms with Crippen molar-refractivity contribution in [1.29, 1.82) is 0 Å². The zero-order chi connectivity index (χ0) is 11.5. The van der Waals surface area contributed by atoms with Gasteiger partial charge in [-0.2, -0.15) is 5.10 Å². The van der Waals surface area contributed by atoms with Gasteiger partial charge in [0.2, 0.25) is 0 Å². The number of rotatable bonds is 5. The summed E-state index contributed by atoms with van der Waals surface area (Å²) in [5.41, 5.74) is 4.31. The van der Waals surface area contributed by atoms with Gasteiger partial charge in [0.15, 0.2) is 5.67 Å². The van der Waals surface area contributed by atoms with E-state index in [1.54, 1.807) is 11.6 Å². The number of aromatic nitrogens is 2. The van der Waals surface area contributed by atoms with Crippen LogP contribution in [0.5, 0.6) is 0 Å². The Hall–Kier alpha value is -0.610. The van der Waals surface area contributed by atoms with Gasteiger partial charge in [-0.25, -0.2) is 4.39 Å². The van der Waals surface area contributed by atoms with Gasteiger partial charge in [0, 0.05) is 13.1 Å². The first kappa shape index (κ1) is 12.5. The topological polar surface area (TPSA) is 43.8 Å². The summed E-state index contributed by atoms with van der Waals surface area (Å²) >= 11 is 5.94. The van der Waals surface area contributed by atoms with Crippen LogP contribution in [-0.4, -0.2) is 16.3 Å². The molecule has 2 N–H and O–H groups in total. The summed E-state index contributed by atoms with van der Waals surface area (Å²) in [6, 6.07) is 0. The van der Waals surface area contributed by atoms with Crippen LogP contribution in [0.15, 0.2) is 6.20 Å². The fourth-order valence-corrected chi connectivity index (χ4v) is 1.91. The normalized spacial score (nSPS) is 15.3. The minimum absolute atomic E-state index is 0.0708. The van der Waals surface area contributed by atoms with Gasteiger partial charge < -0.3 is 5.73 Å². The van der Waals surface area contributed by atoms with Gasteiger partial charge in [0.05, 0.1) is 16.9 Å². The molecule has 5 heteroatoms. The van der Waals surface area contributed by atoms with Crippen molar-refractivity contribution in [2.75, 3.05) is 6.54 Å². The highest BCUT2D eigenvalue weighted by Gasteiger charge is 2.34. The van der Waals surface area contributed by atoms with Crippen LogP contribution in [0.3, 0.4) is 0 Å². The number of halogens is 2. The largest absolute Gasteiger partial charge is 0.327 e. The Morgan fingerprint density at radius 2 is 2.27 bits per heavy atom. The molecule has 0 saturated heterocycles. The Balaban J connectivity index is 3.14. The predicted octanol–water partition coefficient (Wildman–Crippen LogP) is 2.48. The summed E-state index contributed by atoms with van der Waals surface area (Å²) in [7, 11) is 0. The van der Waals surface area contributed by atoms with Crippen LogP contribution in [0.2, 0.25) is 5.02 Å². The smallest absolute Gasteiger partial charge is 0.165 e. The lowest BCUT2D eigenvalue weighted by atomic mass is 9.98. The van der Waals surface area contributed by atoms with Gasteiger partial charge in [-0.15, -0.1) is 0 Å². The van der Waals surface area contributed by atoms with Crippen LogP contribution in [0.1, 0.15) is 32.4 Å². The minimum Gasteiger partial charge on any atom is -0.327 e. The fourth-order valence-electron chi connectivity index (χ4n) is 1.60. The summed E-state index contributed by atoms with van der Waals surface area (Å²) in [6.45, 7) is 4.35. The SMILES string of the molecule is CCCn1ncc(Cl)c1C(F)(CC)CN. The van der Waals surface area contributed by atoms with Crippen molar-refractivity contribution in [2.45, 2.75) is 38.9 Å². The number of hydrogen-bond acceptors (Lipinski definition) is 2. The number of alkyl halides is 1. The van der Waals surface area contributed by atoms with Crippen molar-refractivity contribution >= 4 is 11.6 Å². The molecule has 0 aliphatic heterocycles. The summed E-state index contributed by atoms with van der Waals surface area (Å²) < 4.78 is 16.0. The Labute approximate surface area is 94.4 Å². The van der Waals surface area contributed by atoms with Gasteiger partial charge in [-0.05, 0) is 12.8 Å². The first-order valence-corrected chi connectivity index (χ1v) is 5.57. The quantitative estimate of drug-likeness (QED) is 0.849. The Kier molecular flexibility index (Phi) is 4.11. The molecular formula is C10H17ClFN3. The highest BCUT2D eigenvalue weighted by Crippen LogP contribution is 2.33. The van der Waals surface area contributed by atoms with E-state index in [0.717, 1.165) is 6.42 Å². The number of hydrogen-bond donors (Lipinski definition) is 1. The van der Waals surface area contributed by atoms with E-state index in [-0.39, 0.29) is 6.54 Å². The molecule has 0 saturated carbocycles. The molecular weight excluding hydrogens is 217 g/mol. The molecule has 1 unspecified atom stereocenters. The molecule has 0 bridgehead atoms. The van der Waals surface area contributed by atoms with Crippen molar-refractivity contribution in [2.24, 2.45) is 5.73 Å². The van der Waals surface area contributed by atoms with Crippen LogP contribution >= 0.6 is 11.6 Å². The third-order valence-electron chi connectivity index (χ3n) is 2.54. The molecule has 1 atom stereocenters. The van der Waals surface area contributed by atoms with Crippen molar-refractivity contribution < 1.29 is 4.39 Å². The van der Waals surface area contributed by atoms with E-state index in [4.69, 9.17) is 17.3 Å². The van der Waals surface area contributed by atoms with E-state index in [0.29, 0.717) is 23.7 Å². The van der Waals surface area contributed by atoms with Crippen molar-refractivity contribution in [3.05, 3.63) is 16.9 Å². The second-order valence-electron chi connectivity index (χ2n) is 3.59. The lowest BCUT2D eigenvalue weighted by Crippen LogP contribution is -2.32. The average molecular weight is 234 g/mol. The molecule has 0 aliphatic rings. The highest BCUT2D eigenvalue weighted by atomic mass is 35.5. The molecule has 15 heavy (non-hydrogen) atoms. The van der Waals surface area contributed by atoms with Gasteiger partial charge in [-0.1, -0.05) is 25.4 Å². The number of nitrogens with zero attached hydrogens (tertiary/aromatic N) is 2. The van der Waals surface area contributed by atoms with Gasteiger partial charge in [0.25, 0.3) is 0 Å². The maximum absolute atomic E-state index is 14.4. The van der Waals surface area contributed by atoms with Crippen molar-refractivity contribution in [3.63, 3.8) is 0 Å². The van der Waals surface area contributed by atoms with Gasteiger partial charge >= 0.3 is 0 Å². The first-order chi connectivity index (χ1) is 7.09. The summed E-state index contributed by atoms with van der Waals surface area (Å²) in [5.74, 6) is 0. The summed E-state index contributed by atoms with van der Waals surface area (Å²) in [4.78, 5) is 0. The van der Waals surface area contributed by atoms with Crippen molar-refractivity contribution in [3.8, 4) is 0 Å². The van der Waals surface area contributed by atoms with E-state index in [9.17, 15) is 4.39 Å². The Bertz CT molecular complexity index is 320. The maximum atomic E-state index is 14.4. The molecule has 0 radical (unpaired) electrons. The summed E-state index contributed by atoms with van der Waals surface area (Å²) in [6.07, 6.45) is 2.67. The lowest BCUT2D eigenvalue weighted by molar-refractivity contribution is 0.154. The van der Waals surface area contributed by atoms with Crippen LogP contribution in [0.25, 0.3) is 0 Å². The van der Waals surface area contributed by atoms with Crippen LogP contribution in [0.4, 0.5) is 4.39 Å². The summed E-state index contributed by atoms with van der Waals surface area (Å²) in [5, 5.41) is 4.42. The predicted molar refractivity (Wildman–Crippen MR) is 59.7 cm³/mol. The molecule has 1 aromatic rings. The lowest BCUT2D eigenvalue weighted by Gasteiger charge is -2.23. The van der Waals surface area contributed by atoms with E-state index in [1.807, 2.05) is 6.92 Å². The first-order valence-electron chi connectivity index (χ1n) is 5.19. The molecule has 0 aliphatic carbocycles. The molecule has 0 fully saturated rings. The molecule has 86 valence electrons. The Morgan fingerprint density at radius 3 is 2.73 bits per heavy atom. The second-order valence-corrected chi connectivity index (χ2v) is 3.99. The molecule has 1 rings (SSSR count). The third kappa shape index (κ3) is 2.32. The van der Waals surface area contributed by atoms with Gasteiger partial charge in [0.1, 0.15) is 0 Å². The standard InChI is InChI=1S/C10H17ClFN3/c1-3-5-15-9(8(11)6-14-15)10(12,4-2)7-13/h6H,3-5,7,13H2,1-2H3. The average Bonchev–Trinajstić information content (AvgIpc) is 2.60. The van der Waals surface area contributed by atoms with E-state index >= 15 is 0 Å². The molecule has 0 spiro atoms. The number of nitrogens with two attached hydrogens (primary N) is 1. The van der Waals surface area contributed by atoms with Gasteiger partial charge in [-0.3, -0.25) is 4.68 Å².